The van der Waals surface area contributed by atoms with Crippen LogP contribution < -0.4 is 4.90 Å². The lowest BCUT2D eigenvalue weighted by atomic mass is 10.2. The fourth-order valence-electron chi connectivity index (χ4n) is 2.15. The number of hydrogen-bond donors (Lipinski definition) is 1. The molecule has 28 heavy (non-hydrogen) atoms. The monoisotopic (exact) mass is 384 g/mol. The maximum Gasteiger partial charge on any atom is 0.225 e. The maximum absolute atomic E-state index is 8.72. The van der Waals surface area contributed by atoms with Crippen LogP contribution in [0, 0.1) is 18.3 Å². The van der Waals surface area contributed by atoms with E-state index in [9.17, 15) is 0 Å². The predicted molar refractivity (Wildman–Crippen MR) is 115 cm³/mol. The van der Waals surface area contributed by atoms with Gasteiger partial charge < -0.3 is 10.0 Å². The zero-order chi connectivity index (χ0) is 21.4. The highest BCUT2D eigenvalue weighted by Crippen LogP contribution is 2.21. The third-order valence-corrected chi connectivity index (χ3v) is 3.34. The molecule has 2 rings (SSSR count). The summed E-state index contributed by atoms with van der Waals surface area (Å²) in [5.74, 6) is 0.705. The summed E-state index contributed by atoms with van der Waals surface area (Å²) in [5.41, 5.74) is 2.64. The lowest BCUT2D eigenvalue weighted by Crippen LogP contribution is -2.20. The molecule has 0 fully saturated rings. The lowest BCUT2D eigenvalue weighted by molar-refractivity contribution is 0.471. The Hall–Kier alpha value is -3.14. The van der Waals surface area contributed by atoms with E-state index < -0.39 is 0 Å². The fourth-order valence-corrected chi connectivity index (χ4v) is 2.15. The summed E-state index contributed by atoms with van der Waals surface area (Å²) in [7, 11) is 1.98. The molecule has 0 aliphatic rings. The number of aryl methyl sites for hydroxylation is 1. The molecule has 0 bridgehead atoms. The second kappa shape index (κ2) is 15.0. The molecule has 0 atom stereocenters. The van der Waals surface area contributed by atoms with Crippen molar-refractivity contribution < 1.29 is 5.11 Å². The summed E-state index contributed by atoms with van der Waals surface area (Å²) in [6.45, 7) is 12.4. The summed E-state index contributed by atoms with van der Waals surface area (Å²) >= 11 is 0. The first-order valence-corrected chi connectivity index (χ1v) is 9.30. The molecule has 0 aliphatic carbocycles. The van der Waals surface area contributed by atoms with E-state index in [0.717, 1.165) is 42.6 Å². The fraction of sp³-hybridized carbons (Fsp3) is 0.429. The molecule has 0 saturated heterocycles. The van der Waals surface area contributed by atoms with Gasteiger partial charge in [0.05, 0.1) is 23.7 Å². The molecule has 0 amide bonds. The Bertz CT molecular complexity index is 760. The number of nitriles is 1. The minimum absolute atomic E-state index is 0.245. The smallest absolute Gasteiger partial charge is 0.225 e. The minimum atomic E-state index is 0.245. The Kier molecular flexibility index (Phi) is 13.3. The topological polar surface area (TPSA) is 90.9 Å². The van der Waals surface area contributed by atoms with E-state index in [2.05, 4.69) is 34.6 Å². The molecule has 1 N–H and O–H groups in total. The van der Waals surface area contributed by atoms with E-state index in [1.54, 1.807) is 23.0 Å². The van der Waals surface area contributed by atoms with Crippen molar-refractivity contribution in [2.75, 3.05) is 18.5 Å². The van der Waals surface area contributed by atoms with E-state index in [4.69, 9.17) is 10.4 Å². The Morgan fingerprint density at radius 2 is 2.07 bits per heavy atom. The van der Waals surface area contributed by atoms with Gasteiger partial charge in [0.1, 0.15) is 6.54 Å². The van der Waals surface area contributed by atoms with E-state index in [1.165, 1.54) is 0 Å². The van der Waals surface area contributed by atoms with Gasteiger partial charge in [0.25, 0.3) is 0 Å². The minimum Gasteiger partial charge on any atom is -0.516 e. The number of aliphatic hydroxyl groups excluding tert-OH is 1. The van der Waals surface area contributed by atoms with Crippen molar-refractivity contribution in [1.82, 2.24) is 19.7 Å². The summed E-state index contributed by atoms with van der Waals surface area (Å²) in [5, 5.41) is 20.9. The van der Waals surface area contributed by atoms with Crippen LogP contribution in [0.15, 0.2) is 43.5 Å². The SMILES string of the molecule is C=CC.CC/C=C/O.CCCN(C)c1nccc(-c2cn(CC#N)nc2C)n1. The largest absolute Gasteiger partial charge is 0.516 e. The van der Waals surface area contributed by atoms with Crippen LogP contribution in [-0.4, -0.2) is 38.4 Å². The van der Waals surface area contributed by atoms with Crippen LogP contribution in [0.5, 0.6) is 0 Å². The summed E-state index contributed by atoms with van der Waals surface area (Å²) in [6, 6.07) is 3.95. The number of anilines is 1. The van der Waals surface area contributed by atoms with Crippen LogP contribution in [-0.2, 0) is 6.54 Å². The Balaban J connectivity index is 0.000000777. The Morgan fingerprint density at radius 1 is 1.39 bits per heavy atom. The van der Waals surface area contributed by atoms with Crippen LogP contribution in [0.3, 0.4) is 0 Å². The second-order valence-electron chi connectivity index (χ2n) is 5.85. The molecule has 2 heterocycles. The molecule has 152 valence electrons. The van der Waals surface area contributed by atoms with Crippen LogP contribution in [0.4, 0.5) is 5.95 Å². The van der Waals surface area contributed by atoms with Crippen LogP contribution in [0.25, 0.3) is 11.3 Å². The third kappa shape index (κ3) is 8.99. The van der Waals surface area contributed by atoms with Crippen molar-refractivity contribution in [2.24, 2.45) is 0 Å². The first-order chi connectivity index (χ1) is 13.5. The Morgan fingerprint density at radius 3 is 2.57 bits per heavy atom. The van der Waals surface area contributed by atoms with Gasteiger partial charge in [-0.05, 0) is 32.8 Å². The molecule has 0 radical (unpaired) electrons. The normalized spacial score (nSPS) is 9.57. The van der Waals surface area contributed by atoms with Gasteiger partial charge in [-0.15, -0.1) is 6.58 Å². The van der Waals surface area contributed by atoms with Crippen LogP contribution in [0.2, 0.25) is 0 Å². The molecule has 7 nitrogen and oxygen atoms in total. The highest BCUT2D eigenvalue weighted by molar-refractivity contribution is 5.61. The maximum atomic E-state index is 8.72. The van der Waals surface area contributed by atoms with Gasteiger partial charge >= 0.3 is 0 Å². The van der Waals surface area contributed by atoms with Gasteiger partial charge in [-0.2, -0.15) is 10.4 Å². The highest BCUT2D eigenvalue weighted by atomic mass is 16.2. The third-order valence-electron chi connectivity index (χ3n) is 3.34. The summed E-state index contributed by atoms with van der Waals surface area (Å²) in [4.78, 5) is 10.9. The van der Waals surface area contributed by atoms with Crippen molar-refractivity contribution in [3.05, 3.63) is 49.1 Å². The van der Waals surface area contributed by atoms with E-state index in [1.807, 2.05) is 45.0 Å². The molecule has 0 spiro atoms. The molecule has 2 aromatic heterocycles. The van der Waals surface area contributed by atoms with E-state index in [-0.39, 0.29) is 6.54 Å². The zero-order valence-electron chi connectivity index (χ0n) is 17.6. The molecule has 0 saturated carbocycles. The predicted octanol–water partition coefficient (Wildman–Crippen LogP) is 4.68. The lowest BCUT2D eigenvalue weighted by Gasteiger charge is -2.15. The summed E-state index contributed by atoms with van der Waals surface area (Å²) in [6.07, 6.45) is 10.1. The first kappa shape index (κ1) is 24.9. The molecule has 0 unspecified atom stereocenters. The van der Waals surface area contributed by atoms with Crippen molar-refractivity contribution >= 4 is 5.95 Å². The number of aromatic nitrogens is 4. The van der Waals surface area contributed by atoms with Crippen molar-refractivity contribution in [2.45, 2.75) is 47.1 Å². The molecule has 7 heteroatoms. The van der Waals surface area contributed by atoms with Crippen LogP contribution in [0.1, 0.15) is 39.3 Å². The molecule has 2 aromatic rings. The standard InChI is InChI=1S/C14H18N6.C4H8O.C3H6/c1-4-8-19(3)14-16-7-5-13(17-14)12-10-20(9-6-15)18-11(12)2;1-2-3-4-5;1-3-2/h5,7,10H,4,8-9H2,1-3H3;3-5H,2H2,1H3;3H,1H2,2H3/b;4-3+;. The van der Waals surface area contributed by atoms with Crippen LogP contribution >= 0.6 is 0 Å². The zero-order valence-corrected chi connectivity index (χ0v) is 17.6. The van der Waals surface area contributed by atoms with Gasteiger partial charge in [-0.1, -0.05) is 26.0 Å². The number of aliphatic hydroxyl groups is 1. The number of nitrogens with zero attached hydrogens (tertiary/aromatic N) is 6. The Labute approximate surface area is 168 Å². The average Bonchev–Trinajstić information content (AvgIpc) is 3.04. The van der Waals surface area contributed by atoms with Crippen molar-refractivity contribution in [3.63, 3.8) is 0 Å². The van der Waals surface area contributed by atoms with E-state index >= 15 is 0 Å². The number of rotatable bonds is 6. The van der Waals surface area contributed by atoms with Gasteiger partial charge in [-0.25, -0.2) is 9.97 Å². The van der Waals surface area contributed by atoms with Crippen molar-refractivity contribution in [3.8, 4) is 17.3 Å². The molecular weight excluding hydrogens is 352 g/mol. The van der Waals surface area contributed by atoms with Crippen molar-refractivity contribution in [1.29, 1.82) is 5.26 Å². The number of allylic oxidation sites excluding steroid dienone is 2. The number of hydrogen-bond acceptors (Lipinski definition) is 6. The highest BCUT2D eigenvalue weighted by Gasteiger charge is 2.11. The summed E-state index contributed by atoms with van der Waals surface area (Å²) < 4.78 is 1.63. The molecular formula is C21H32N6O. The van der Waals surface area contributed by atoms with Gasteiger partial charge in [0.15, 0.2) is 0 Å². The average molecular weight is 385 g/mol. The molecule has 0 aliphatic heterocycles. The first-order valence-electron chi connectivity index (χ1n) is 9.30. The van der Waals surface area contributed by atoms with Gasteiger partial charge in [-0.3, -0.25) is 4.68 Å². The second-order valence-corrected chi connectivity index (χ2v) is 5.85. The van der Waals surface area contributed by atoms with Gasteiger partial charge in [0, 0.05) is 31.5 Å². The van der Waals surface area contributed by atoms with Gasteiger partial charge in [0.2, 0.25) is 5.95 Å². The quantitative estimate of drug-likeness (QED) is 0.574. The molecule has 0 aromatic carbocycles. The van der Waals surface area contributed by atoms with E-state index in [0.29, 0.717) is 5.95 Å².